The highest BCUT2D eigenvalue weighted by atomic mass is 35.5. The zero-order chi connectivity index (χ0) is 13.2. The van der Waals surface area contributed by atoms with Gasteiger partial charge in [0, 0.05) is 17.0 Å². The van der Waals surface area contributed by atoms with Crippen LogP contribution in [0.15, 0.2) is 28.7 Å². The number of hydrogen-bond acceptors (Lipinski definition) is 5. The summed E-state index contributed by atoms with van der Waals surface area (Å²) in [6, 6.07) is 6.72. The molecule has 0 amide bonds. The number of thioether (sulfide) groups is 1. The summed E-state index contributed by atoms with van der Waals surface area (Å²) < 4.78 is 0. The summed E-state index contributed by atoms with van der Waals surface area (Å²) in [5.41, 5.74) is 0. The van der Waals surface area contributed by atoms with Crippen LogP contribution in [0.5, 0.6) is 0 Å². The van der Waals surface area contributed by atoms with E-state index in [-0.39, 0.29) is 0 Å². The van der Waals surface area contributed by atoms with Crippen LogP contribution in [-0.2, 0) is 6.54 Å². The number of hydrogen-bond donors (Lipinski definition) is 0. The molecule has 2 aromatic heterocycles. The Bertz CT molecular complexity index is 555. The average molecular weight is 312 g/mol. The van der Waals surface area contributed by atoms with Crippen LogP contribution in [0.1, 0.15) is 17.7 Å². The van der Waals surface area contributed by atoms with Crippen molar-refractivity contribution in [3.05, 3.63) is 33.6 Å². The lowest BCUT2D eigenvalue weighted by Gasteiger charge is -2.23. The molecule has 1 aliphatic carbocycles. The van der Waals surface area contributed by atoms with Crippen LogP contribution in [0.25, 0.3) is 0 Å². The van der Waals surface area contributed by atoms with Crippen LogP contribution in [0.4, 0.5) is 5.82 Å². The van der Waals surface area contributed by atoms with E-state index in [1.54, 1.807) is 11.3 Å². The Hall–Kier alpha value is -0.780. The maximum Gasteiger partial charge on any atom is 0.190 e. The van der Waals surface area contributed by atoms with E-state index in [0.29, 0.717) is 11.2 Å². The molecule has 0 atom stereocenters. The molecule has 100 valence electrons. The predicted molar refractivity (Wildman–Crippen MR) is 82.3 cm³/mol. The van der Waals surface area contributed by atoms with Crippen molar-refractivity contribution in [3.63, 3.8) is 0 Å². The second kappa shape index (κ2) is 5.69. The number of anilines is 1. The molecule has 1 saturated carbocycles. The van der Waals surface area contributed by atoms with Crippen LogP contribution >= 0.6 is 34.7 Å². The van der Waals surface area contributed by atoms with Gasteiger partial charge in [-0.1, -0.05) is 29.4 Å². The average Bonchev–Trinajstić information content (AvgIpc) is 3.12. The van der Waals surface area contributed by atoms with Gasteiger partial charge in [-0.05, 0) is 30.5 Å². The number of rotatable bonds is 5. The summed E-state index contributed by atoms with van der Waals surface area (Å²) in [6.07, 6.45) is 4.44. The Morgan fingerprint density at radius 1 is 1.47 bits per heavy atom. The predicted octanol–water partition coefficient (Wildman–Crippen LogP) is 4.08. The van der Waals surface area contributed by atoms with Crippen molar-refractivity contribution >= 4 is 40.5 Å². The molecule has 1 fully saturated rings. The lowest BCUT2D eigenvalue weighted by atomic mass is 10.4. The molecule has 0 bridgehead atoms. The zero-order valence-corrected chi connectivity index (χ0v) is 12.9. The number of halogens is 1. The van der Waals surface area contributed by atoms with Crippen LogP contribution in [0.3, 0.4) is 0 Å². The summed E-state index contributed by atoms with van der Waals surface area (Å²) in [6.45, 7) is 0.906. The summed E-state index contributed by atoms with van der Waals surface area (Å²) in [7, 11) is 0. The molecular formula is C13H14ClN3S2. The topological polar surface area (TPSA) is 29.0 Å². The summed E-state index contributed by atoms with van der Waals surface area (Å²) >= 11 is 9.40. The monoisotopic (exact) mass is 311 g/mol. The standard InChI is InChI=1S/C13H14ClN3S2/c1-18-13-15-11(14)7-12(16-13)17(9-4-5-9)8-10-3-2-6-19-10/h2-3,6-7,9H,4-5,8H2,1H3. The molecular weight excluding hydrogens is 298 g/mol. The first-order chi connectivity index (χ1) is 9.26. The van der Waals surface area contributed by atoms with Crippen LogP contribution in [0, 0.1) is 0 Å². The van der Waals surface area contributed by atoms with Gasteiger partial charge in [-0.3, -0.25) is 0 Å². The van der Waals surface area contributed by atoms with Crippen molar-refractivity contribution in [1.82, 2.24) is 9.97 Å². The van der Waals surface area contributed by atoms with Gasteiger partial charge in [-0.25, -0.2) is 9.97 Å². The van der Waals surface area contributed by atoms with Gasteiger partial charge in [0.1, 0.15) is 11.0 Å². The Morgan fingerprint density at radius 2 is 2.32 bits per heavy atom. The molecule has 0 N–H and O–H groups in total. The fourth-order valence-electron chi connectivity index (χ4n) is 1.98. The Kier molecular flexibility index (Phi) is 3.96. The van der Waals surface area contributed by atoms with Crippen LogP contribution in [-0.4, -0.2) is 22.3 Å². The van der Waals surface area contributed by atoms with Gasteiger partial charge in [-0.15, -0.1) is 11.3 Å². The van der Waals surface area contributed by atoms with E-state index in [1.165, 1.54) is 29.5 Å². The van der Waals surface area contributed by atoms with E-state index in [1.807, 2.05) is 12.3 Å². The minimum absolute atomic E-state index is 0.520. The van der Waals surface area contributed by atoms with Crippen molar-refractivity contribution in [2.75, 3.05) is 11.2 Å². The number of nitrogens with zero attached hydrogens (tertiary/aromatic N) is 3. The molecule has 3 rings (SSSR count). The van der Waals surface area contributed by atoms with Gasteiger partial charge >= 0.3 is 0 Å². The van der Waals surface area contributed by atoms with Crippen molar-refractivity contribution in [1.29, 1.82) is 0 Å². The minimum Gasteiger partial charge on any atom is -0.348 e. The second-order valence-corrected chi connectivity index (χ2v) is 6.67. The summed E-state index contributed by atoms with van der Waals surface area (Å²) in [5.74, 6) is 0.945. The van der Waals surface area contributed by atoms with Crippen molar-refractivity contribution in [3.8, 4) is 0 Å². The van der Waals surface area contributed by atoms with E-state index in [2.05, 4.69) is 32.4 Å². The molecule has 0 aromatic carbocycles. The highest BCUT2D eigenvalue weighted by Gasteiger charge is 2.30. The Balaban J connectivity index is 1.89. The molecule has 19 heavy (non-hydrogen) atoms. The Morgan fingerprint density at radius 3 is 2.95 bits per heavy atom. The fraction of sp³-hybridized carbons (Fsp3) is 0.385. The summed E-state index contributed by atoms with van der Waals surface area (Å²) in [4.78, 5) is 12.5. The first kappa shape index (κ1) is 13.2. The third-order valence-corrected chi connectivity index (χ3v) is 4.63. The van der Waals surface area contributed by atoms with Gasteiger partial charge in [0.25, 0.3) is 0 Å². The molecule has 0 radical (unpaired) electrons. The van der Waals surface area contributed by atoms with E-state index in [9.17, 15) is 0 Å². The van der Waals surface area contributed by atoms with E-state index < -0.39 is 0 Å². The molecule has 3 nitrogen and oxygen atoms in total. The normalized spacial score (nSPS) is 14.6. The van der Waals surface area contributed by atoms with Crippen LogP contribution < -0.4 is 4.90 Å². The van der Waals surface area contributed by atoms with Crippen molar-refractivity contribution < 1.29 is 0 Å². The van der Waals surface area contributed by atoms with Crippen molar-refractivity contribution in [2.24, 2.45) is 0 Å². The smallest absolute Gasteiger partial charge is 0.190 e. The minimum atomic E-state index is 0.520. The maximum atomic E-state index is 6.09. The van der Waals surface area contributed by atoms with E-state index in [4.69, 9.17) is 11.6 Å². The van der Waals surface area contributed by atoms with Gasteiger partial charge in [-0.2, -0.15) is 0 Å². The molecule has 6 heteroatoms. The molecule has 0 unspecified atom stereocenters. The van der Waals surface area contributed by atoms with Gasteiger partial charge in [0.15, 0.2) is 5.16 Å². The lowest BCUT2D eigenvalue weighted by molar-refractivity contribution is 0.769. The number of aromatic nitrogens is 2. The molecule has 2 aromatic rings. The maximum absolute atomic E-state index is 6.09. The van der Waals surface area contributed by atoms with Gasteiger partial charge in [0.05, 0.1) is 6.54 Å². The van der Waals surface area contributed by atoms with Gasteiger partial charge in [0.2, 0.25) is 0 Å². The first-order valence-corrected chi connectivity index (χ1v) is 8.62. The largest absolute Gasteiger partial charge is 0.348 e. The van der Waals surface area contributed by atoms with Crippen LogP contribution in [0.2, 0.25) is 5.15 Å². The Labute approximate surface area is 126 Å². The quantitative estimate of drug-likeness (QED) is 0.472. The molecule has 0 spiro atoms. The zero-order valence-electron chi connectivity index (χ0n) is 10.5. The lowest BCUT2D eigenvalue weighted by Crippen LogP contribution is -2.25. The molecule has 0 aliphatic heterocycles. The SMILES string of the molecule is CSc1nc(Cl)cc(N(Cc2cccs2)C2CC2)n1. The molecule has 1 aliphatic rings. The molecule has 0 saturated heterocycles. The van der Waals surface area contributed by atoms with Crippen molar-refractivity contribution in [2.45, 2.75) is 30.6 Å². The highest BCUT2D eigenvalue weighted by Crippen LogP contribution is 2.34. The third-order valence-electron chi connectivity index (χ3n) is 3.03. The highest BCUT2D eigenvalue weighted by molar-refractivity contribution is 7.98. The second-order valence-electron chi connectivity index (χ2n) is 4.47. The first-order valence-electron chi connectivity index (χ1n) is 6.14. The van der Waals surface area contributed by atoms with Gasteiger partial charge < -0.3 is 4.90 Å². The molecule has 2 heterocycles. The number of thiophene rings is 1. The van der Waals surface area contributed by atoms with E-state index >= 15 is 0 Å². The fourth-order valence-corrected chi connectivity index (χ4v) is 3.28. The third kappa shape index (κ3) is 3.22. The summed E-state index contributed by atoms with van der Waals surface area (Å²) in [5, 5.41) is 3.37. The van der Waals surface area contributed by atoms with E-state index in [0.717, 1.165) is 17.5 Å².